The number of carbonyl (C=O) groups excluding carboxylic acids is 2. The summed E-state index contributed by atoms with van der Waals surface area (Å²) in [6.45, 7) is 5.31. The van der Waals surface area contributed by atoms with Gasteiger partial charge in [-0.15, -0.1) is 0 Å². The van der Waals surface area contributed by atoms with E-state index in [2.05, 4.69) is 15.9 Å². The van der Waals surface area contributed by atoms with E-state index in [1.165, 1.54) is 11.0 Å². The van der Waals surface area contributed by atoms with Crippen molar-refractivity contribution in [3.8, 4) is 0 Å². The molecule has 0 saturated heterocycles. The number of hydrogen-bond donors (Lipinski definition) is 1. The van der Waals surface area contributed by atoms with Gasteiger partial charge in [0.15, 0.2) is 0 Å². The third-order valence-corrected chi connectivity index (χ3v) is 3.46. The lowest BCUT2D eigenvalue weighted by molar-refractivity contribution is -0.144. The first-order chi connectivity index (χ1) is 9.77. The van der Waals surface area contributed by atoms with Crippen molar-refractivity contribution in [2.45, 2.75) is 26.8 Å². The van der Waals surface area contributed by atoms with E-state index < -0.39 is 17.7 Å². The average molecular weight is 361 g/mol. The van der Waals surface area contributed by atoms with Gasteiger partial charge in [-0.25, -0.2) is 4.39 Å². The molecule has 0 fully saturated rings. The van der Waals surface area contributed by atoms with E-state index in [0.29, 0.717) is 0 Å². The van der Waals surface area contributed by atoms with Gasteiger partial charge in [0, 0.05) is 10.5 Å². The molecule has 0 aliphatic carbocycles. The fourth-order valence-electron chi connectivity index (χ4n) is 1.72. The number of ether oxygens (including phenoxy) is 1. The van der Waals surface area contributed by atoms with Crippen molar-refractivity contribution in [2.75, 3.05) is 18.9 Å². The number of nitrogens with zero attached hydrogens (tertiary/aromatic N) is 1. The van der Waals surface area contributed by atoms with Gasteiger partial charge in [-0.05, 0) is 48.8 Å². The van der Waals surface area contributed by atoms with Gasteiger partial charge in [0.05, 0.1) is 17.9 Å². The SMILES string of the molecule is CCOC(=O)CN(C(=O)c1cc(N)c(F)cc1Br)C(C)C. The van der Waals surface area contributed by atoms with Crippen molar-refractivity contribution in [1.82, 2.24) is 4.90 Å². The molecule has 1 aromatic rings. The Morgan fingerprint density at radius 2 is 2.05 bits per heavy atom. The highest BCUT2D eigenvalue weighted by Crippen LogP contribution is 2.24. The molecule has 0 unspecified atom stereocenters. The van der Waals surface area contributed by atoms with Gasteiger partial charge in [0.1, 0.15) is 12.4 Å². The predicted molar refractivity (Wildman–Crippen MR) is 81.3 cm³/mol. The van der Waals surface area contributed by atoms with Crippen LogP contribution in [-0.2, 0) is 9.53 Å². The Bertz CT molecular complexity index is 549. The summed E-state index contributed by atoms with van der Waals surface area (Å²) in [5.74, 6) is -1.53. The molecular formula is C14H18BrFN2O3. The summed E-state index contributed by atoms with van der Waals surface area (Å²) in [5.41, 5.74) is 5.57. The molecule has 0 aromatic heterocycles. The van der Waals surface area contributed by atoms with Crippen LogP contribution in [0.3, 0.4) is 0 Å². The van der Waals surface area contributed by atoms with E-state index in [9.17, 15) is 14.0 Å². The van der Waals surface area contributed by atoms with Crippen LogP contribution in [0, 0.1) is 5.82 Å². The standard InChI is InChI=1S/C14H18BrFN2O3/c1-4-21-13(19)7-18(8(2)3)14(20)9-5-12(17)11(16)6-10(9)15/h5-6,8H,4,7,17H2,1-3H3. The van der Waals surface area contributed by atoms with Gasteiger partial charge in [-0.3, -0.25) is 9.59 Å². The summed E-state index contributed by atoms with van der Waals surface area (Å²) in [6.07, 6.45) is 0. The monoisotopic (exact) mass is 360 g/mol. The third-order valence-electron chi connectivity index (χ3n) is 2.81. The molecule has 116 valence electrons. The molecule has 0 aliphatic heterocycles. The number of carbonyl (C=O) groups is 2. The lowest BCUT2D eigenvalue weighted by atomic mass is 10.1. The van der Waals surface area contributed by atoms with E-state index >= 15 is 0 Å². The zero-order chi connectivity index (χ0) is 16.2. The van der Waals surface area contributed by atoms with Gasteiger partial charge in [-0.2, -0.15) is 0 Å². The molecule has 0 bridgehead atoms. The second kappa shape index (κ2) is 7.40. The zero-order valence-electron chi connectivity index (χ0n) is 12.2. The number of halogens is 2. The van der Waals surface area contributed by atoms with Crippen LogP contribution in [0.5, 0.6) is 0 Å². The van der Waals surface area contributed by atoms with E-state index in [0.717, 1.165) is 6.07 Å². The van der Waals surface area contributed by atoms with E-state index in [1.54, 1.807) is 20.8 Å². The summed E-state index contributed by atoms with van der Waals surface area (Å²) in [5, 5.41) is 0. The van der Waals surface area contributed by atoms with Crippen LogP contribution >= 0.6 is 15.9 Å². The van der Waals surface area contributed by atoms with Crippen LogP contribution in [0.2, 0.25) is 0 Å². The van der Waals surface area contributed by atoms with Crippen molar-refractivity contribution in [1.29, 1.82) is 0 Å². The van der Waals surface area contributed by atoms with Crippen molar-refractivity contribution in [3.63, 3.8) is 0 Å². The number of esters is 1. The van der Waals surface area contributed by atoms with E-state index in [4.69, 9.17) is 10.5 Å². The van der Waals surface area contributed by atoms with Crippen LogP contribution in [-0.4, -0.2) is 36.0 Å². The summed E-state index contributed by atoms with van der Waals surface area (Å²) in [6, 6.07) is 2.16. The minimum atomic E-state index is -0.611. The number of rotatable bonds is 5. The van der Waals surface area contributed by atoms with Crippen LogP contribution in [0.4, 0.5) is 10.1 Å². The van der Waals surface area contributed by atoms with Gasteiger partial charge in [-0.1, -0.05) is 0 Å². The number of benzene rings is 1. The number of hydrogen-bond acceptors (Lipinski definition) is 4. The second-order valence-electron chi connectivity index (χ2n) is 4.69. The fourth-order valence-corrected chi connectivity index (χ4v) is 2.20. The van der Waals surface area contributed by atoms with Crippen molar-refractivity contribution in [3.05, 3.63) is 28.0 Å². The van der Waals surface area contributed by atoms with Crippen LogP contribution in [0.25, 0.3) is 0 Å². The normalized spacial score (nSPS) is 10.6. The van der Waals surface area contributed by atoms with Crippen molar-refractivity contribution >= 4 is 33.5 Å². The quantitative estimate of drug-likeness (QED) is 0.646. The van der Waals surface area contributed by atoms with Gasteiger partial charge >= 0.3 is 5.97 Å². The van der Waals surface area contributed by atoms with E-state index in [1.807, 2.05) is 0 Å². The molecule has 1 aromatic carbocycles. The molecular weight excluding hydrogens is 343 g/mol. The Labute approximate surface area is 131 Å². The minimum absolute atomic E-state index is 0.124. The molecule has 5 nitrogen and oxygen atoms in total. The van der Waals surface area contributed by atoms with Gasteiger partial charge in [0.25, 0.3) is 5.91 Å². The molecule has 7 heteroatoms. The summed E-state index contributed by atoms with van der Waals surface area (Å²) >= 11 is 3.14. The highest BCUT2D eigenvalue weighted by atomic mass is 79.9. The number of nitrogen functional groups attached to an aromatic ring is 1. The number of amides is 1. The number of anilines is 1. The molecule has 1 rings (SSSR count). The average Bonchev–Trinajstić information content (AvgIpc) is 2.39. The maximum Gasteiger partial charge on any atom is 0.325 e. The first kappa shape index (κ1) is 17.4. The Hall–Kier alpha value is -1.63. The molecule has 0 spiro atoms. The first-order valence-electron chi connectivity index (χ1n) is 6.49. The Kier molecular flexibility index (Phi) is 6.14. The molecule has 21 heavy (non-hydrogen) atoms. The van der Waals surface area contributed by atoms with Crippen molar-refractivity contribution in [2.24, 2.45) is 0 Å². The number of nitrogens with two attached hydrogens (primary N) is 1. The fraction of sp³-hybridized carbons (Fsp3) is 0.429. The summed E-state index contributed by atoms with van der Waals surface area (Å²) in [4.78, 5) is 25.5. The smallest absolute Gasteiger partial charge is 0.325 e. The maximum absolute atomic E-state index is 13.3. The molecule has 0 aliphatic rings. The molecule has 0 radical (unpaired) electrons. The molecule has 0 atom stereocenters. The van der Waals surface area contributed by atoms with Crippen LogP contribution in [0.1, 0.15) is 31.1 Å². The maximum atomic E-state index is 13.3. The second-order valence-corrected chi connectivity index (χ2v) is 5.54. The Morgan fingerprint density at radius 1 is 1.43 bits per heavy atom. The summed E-state index contributed by atoms with van der Waals surface area (Å²) < 4.78 is 18.5. The molecule has 0 saturated carbocycles. The molecule has 1 amide bonds. The zero-order valence-corrected chi connectivity index (χ0v) is 13.7. The predicted octanol–water partition coefficient (Wildman–Crippen LogP) is 2.58. The highest BCUT2D eigenvalue weighted by Gasteiger charge is 2.24. The Morgan fingerprint density at radius 3 is 2.57 bits per heavy atom. The lowest BCUT2D eigenvalue weighted by Gasteiger charge is -2.26. The highest BCUT2D eigenvalue weighted by molar-refractivity contribution is 9.10. The summed E-state index contributed by atoms with van der Waals surface area (Å²) in [7, 11) is 0. The first-order valence-corrected chi connectivity index (χ1v) is 7.28. The van der Waals surface area contributed by atoms with Gasteiger partial charge < -0.3 is 15.4 Å². The lowest BCUT2D eigenvalue weighted by Crippen LogP contribution is -2.41. The molecule has 0 heterocycles. The van der Waals surface area contributed by atoms with Gasteiger partial charge in [0.2, 0.25) is 0 Å². The molecule has 2 N–H and O–H groups in total. The van der Waals surface area contributed by atoms with Crippen LogP contribution < -0.4 is 5.73 Å². The topological polar surface area (TPSA) is 72.6 Å². The third kappa shape index (κ3) is 4.42. The van der Waals surface area contributed by atoms with E-state index in [-0.39, 0.29) is 34.9 Å². The Balaban J connectivity index is 3.07. The van der Waals surface area contributed by atoms with Crippen molar-refractivity contribution < 1.29 is 18.7 Å². The minimum Gasteiger partial charge on any atom is -0.465 e. The van der Waals surface area contributed by atoms with Crippen LogP contribution in [0.15, 0.2) is 16.6 Å². The largest absolute Gasteiger partial charge is 0.465 e.